The number of benzene rings is 2. The van der Waals surface area contributed by atoms with Crippen LogP contribution in [0.5, 0.6) is 0 Å². The van der Waals surface area contributed by atoms with E-state index in [1.165, 1.54) is 6.20 Å². The second-order valence-corrected chi connectivity index (χ2v) is 7.49. The lowest BCUT2D eigenvalue weighted by Crippen LogP contribution is -2.14. The number of rotatable bonds is 5. The molecule has 31 heavy (non-hydrogen) atoms. The van der Waals surface area contributed by atoms with Crippen molar-refractivity contribution in [3.8, 4) is 0 Å². The maximum Gasteiger partial charge on any atom is 0.274 e. The van der Waals surface area contributed by atoms with E-state index in [4.69, 9.17) is 0 Å². The smallest absolute Gasteiger partial charge is 0.274 e. The molecule has 7 nitrogen and oxygen atoms in total. The maximum absolute atomic E-state index is 13.0. The lowest BCUT2D eigenvalue weighted by atomic mass is 10.2. The Morgan fingerprint density at radius 3 is 2.74 bits per heavy atom. The van der Waals surface area contributed by atoms with Crippen LogP contribution in [0.3, 0.4) is 0 Å². The van der Waals surface area contributed by atoms with Gasteiger partial charge >= 0.3 is 0 Å². The van der Waals surface area contributed by atoms with Crippen molar-refractivity contribution in [1.82, 2.24) is 19.2 Å². The molecule has 1 amide bonds. The fraction of sp³-hybridized carbons (Fsp3) is 0.125. The molecule has 0 fully saturated rings. The van der Waals surface area contributed by atoms with E-state index < -0.39 is 6.10 Å². The Morgan fingerprint density at radius 2 is 1.94 bits per heavy atom. The number of aromatic nitrogens is 4. The van der Waals surface area contributed by atoms with Crippen LogP contribution in [-0.2, 0) is 6.54 Å². The molecule has 3 heterocycles. The molecule has 0 aliphatic heterocycles. The van der Waals surface area contributed by atoms with Crippen molar-refractivity contribution >= 4 is 28.1 Å². The van der Waals surface area contributed by atoms with E-state index in [0.717, 1.165) is 22.0 Å². The zero-order chi connectivity index (χ0) is 21.4. The number of amides is 1. The van der Waals surface area contributed by atoms with Crippen molar-refractivity contribution in [3.05, 3.63) is 96.1 Å². The van der Waals surface area contributed by atoms with Crippen molar-refractivity contribution in [2.45, 2.75) is 19.6 Å². The Labute approximate surface area is 178 Å². The summed E-state index contributed by atoms with van der Waals surface area (Å²) in [6.07, 6.45) is 4.47. The SMILES string of the molecule is CC(O)c1ccn2c(C(=O)Nc3cccc4c3cnn4Cc3ccccc3)cnc2c1. The van der Waals surface area contributed by atoms with Gasteiger partial charge in [0, 0.05) is 11.6 Å². The fourth-order valence-electron chi connectivity index (χ4n) is 3.71. The van der Waals surface area contributed by atoms with Crippen molar-refractivity contribution in [1.29, 1.82) is 0 Å². The lowest BCUT2D eigenvalue weighted by Gasteiger charge is -2.09. The topological polar surface area (TPSA) is 84.5 Å². The summed E-state index contributed by atoms with van der Waals surface area (Å²) in [7, 11) is 0. The van der Waals surface area contributed by atoms with Gasteiger partial charge in [0.1, 0.15) is 11.3 Å². The summed E-state index contributed by atoms with van der Waals surface area (Å²) in [4.78, 5) is 17.3. The molecule has 3 aromatic heterocycles. The standard InChI is InChI=1S/C24H21N5O2/c1-16(30)18-10-11-28-22(14-25-23(28)12-18)24(31)27-20-8-5-9-21-19(20)13-26-29(21)15-17-6-3-2-4-7-17/h2-14,16,30H,15H2,1H3,(H,27,31). The van der Waals surface area contributed by atoms with E-state index in [0.29, 0.717) is 23.6 Å². The van der Waals surface area contributed by atoms with Crippen molar-refractivity contribution in [2.75, 3.05) is 5.32 Å². The minimum Gasteiger partial charge on any atom is -0.389 e. The molecule has 0 saturated carbocycles. The monoisotopic (exact) mass is 411 g/mol. The molecule has 7 heteroatoms. The number of carbonyl (C=O) groups is 1. The zero-order valence-electron chi connectivity index (χ0n) is 16.9. The van der Waals surface area contributed by atoms with Gasteiger partial charge in [0.05, 0.1) is 36.2 Å². The van der Waals surface area contributed by atoms with Gasteiger partial charge in [-0.2, -0.15) is 5.10 Å². The van der Waals surface area contributed by atoms with Crippen LogP contribution in [-0.4, -0.2) is 30.2 Å². The lowest BCUT2D eigenvalue weighted by molar-refractivity contribution is 0.102. The summed E-state index contributed by atoms with van der Waals surface area (Å²) in [5.74, 6) is -0.263. The summed E-state index contributed by atoms with van der Waals surface area (Å²) < 4.78 is 3.63. The Morgan fingerprint density at radius 1 is 1.10 bits per heavy atom. The second kappa shape index (κ2) is 7.70. The number of pyridine rings is 1. The van der Waals surface area contributed by atoms with E-state index in [2.05, 4.69) is 27.5 Å². The molecular weight excluding hydrogens is 390 g/mol. The molecule has 0 aliphatic rings. The van der Waals surface area contributed by atoms with Crippen LogP contribution in [0, 0.1) is 0 Å². The molecule has 5 aromatic rings. The van der Waals surface area contributed by atoms with Crippen LogP contribution in [0.4, 0.5) is 5.69 Å². The minimum atomic E-state index is -0.594. The Bertz CT molecular complexity index is 1390. The number of nitrogens with one attached hydrogen (secondary N) is 1. The number of fused-ring (bicyclic) bond motifs is 2. The van der Waals surface area contributed by atoms with Gasteiger partial charge in [0.25, 0.3) is 5.91 Å². The quantitative estimate of drug-likeness (QED) is 0.457. The Balaban J connectivity index is 1.44. The molecular formula is C24H21N5O2. The molecule has 1 atom stereocenters. The number of carbonyl (C=O) groups excluding carboxylic acids is 1. The molecule has 5 rings (SSSR count). The first kappa shape index (κ1) is 19.0. The molecule has 1 unspecified atom stereocenters. The van der Waals surface area contributed by atoms with Gasteiger partial charge in [-0.3, -0.25) is 13.9 Å². The van der Waals surface area contributed by atoms with E-state index in [1.807, 2.05) is 41.1 Å². The molecule has 0 bridgehead atoms. The first-order valence-corrected chi connectivity index (χ1v) is 10.0. The third-order valence-electron chi connectivity index (χ3n) is 5.36. The highest BCUT2D eigenvalue weighted by Gasteiger charge is 2.16. The average Bonchev–Trinajstić information content (AvgIpc) is 3.39. The second-order valence-electron chi connectivity index (χ2n) is 7.49. The van der Waals surface area contributed by atoms with Crippen LogP contribution < -0.4 is 5.32 Å². The van der Waals surface area contributed by atoms with Crippen LogP contribution in [0.2, 0.25) is 0 Å². The van der Waals surface area contributed by atoms with Gasteiger partial charge in [-0.1, -0.05) is 36.4 Å². The van der Waals surface area contributed by atoms with Crippen molar-refractivity contribution in [2.24, 2.45) is 0 Å². The molecule has 0 aliphatic carbocycles. The summed E-state index contributed by atoms with van der Waals surface area (Å²) in [6, 6.07) is 19.4. The van der Waals surface area contributed by atoms with Gasteiger partial charge in [0.15, 0.2) is 0 Å². The van der Waals surface area contributed by atoms with Crippen molar-refractivity contribution in [3.63, 3.8) is 0 Å². The van der Waals surface area contributed by atoms with Gasteiger partial charge in [-0.05, 0) is 42.3 Å². The third-order valence-corrected chi connectivity index (χ3v) is 5.36. The number of hydrogen-bond donors (Lipinski definition) is 2. The van der Waals surface area contributed by atoms with Gasteiger partial charge in [-0.15, -0.1) is 0 Å². The van der Waals surface area contributed by atoms with E-state index in [9.17, 15) is 9.90 Å². The Kier molecular flexibility index (Phi) is 4.72. The first-order chi connectivity index (χ1) is 15.1. The van der Waals surface area contributed by atoms with E-state index in [1.54, 1.807) is 35.9 Å². The van der Waals surface area contributed by atoms with Crippen molar-refractivity contribution < 1.29 is 9.90 Å². The molecule has 0 radical (unpaired) electrons. The maximum atomic E-state index is 13.0. The molecule has 154 valence electrons. The number of aliphatic hydroxyl groups excluding tert-OH is 1. The van der Waals surface area contributed by atoms with E-state index >= 15 is 0 Å². The number of aliphatic hydroxyl groups is 1. The van der Waals surface area contributed by atoms with Gasteiger partial charge < -0.3 is 10.4 Å². The molecule has 2 aromatic carbocycles. The molecule has 2 N–H and O–H groups in total. The van der Waals surface area contributed by atoms with Gasteiger partial charge in [-0.25, -0.2) is 4.98 Å². The number of nitrogens with zero attached hydrogens (tertiary/aromatic N) is 4. The number of hydrogen-bond acceptors (Lipinski definition) is 4. The largest absolute Gasteiger partial charge is 0.389 e. The minimum absolute atomic E-state index is 0.263. The van der Waals surface area contributed by atoms with Crippen LogP contribution in [0.15, 0.2) is 79.3 Å². The molecule has 0 spiro atoms. The zero-order valence-corrected chi connectivity index (χ0v) is 16.9. The van der Waals surface area contributed by atoms with Crippen LogP contribution in [0.25, 0.3) is 16.6 Å². The summed E-state index contributed by atoms with van der Waals surface area (Å²) >= 11 is 0. The number of imidazole rings is 1. The first-order valence-electron chi connectivity index (χ1n) is 10.0. The van der Waals surface area contributed by atoms with Crippen LogP contribution in [0.1, 0.15) is 34.6 Å². The fourth-order valence-corrected chi connectivity index (χ4v) is 3.71. The normalized spacial score (nSPS) is 12.3. The summed E-state index contributed by atoms with van der Waals surface area (Å²) in [6.45, 7) is 2.35. The third kappa shape index (κ3) is 3.55. The molecule has 0 saturated heterocycles. The summed E-state index contributed by atoms with van der Waals surface area (Å²) in [5, 5.41) is 18.2. The predicted octanol–water partition coefficient (Wildman–Crippen LogP) is 4.04. The van der Waals surface area contributed by atoms with Gasteiger partial charge in [0.2, 0.25) is 0 Å². The van der Waals surface area contributed by atoms with E-state index in [-0.39, 0.29) is 5.91 Å². The van der Waals surface area contributed by atoms with Crippen LogP contribution >= 0.6 is 0 Å². The summed E-state index contributed by atoms with van der Waals surface area (Å²) in [5.41, 5.74) is 4.57. The Hall–Kier alpha value is -3.97. The highest BCUT2D eigenvalue weighted by Crippen LogP contribution is 2.25. The highest BCUT2D eigenvalue weighted by molar-refractivity contribution is 6.08. The predicted molar refractivity (Wildman–Crippen MR) is 119 cm³/mol. The average molecular weight is 411 g/mol. The highest BCUT2D eigenvalue weighted by atomic mass is 16.3. The number of anilines is 1.